The van der Waals surface area contributed by atoms with Crippen LogP contribution in [-0.2, 0) is 0 Å². The van der Waals surface area contributed by atoms with E-state index >= 15 is 0 Å². The van der Waals surface area contributed by atoms with E-state index < -0.39 is 0 Å². The summed E-state index contributed by atoms with van der Waals surface area (Å²) >= 11 is 0. The average Bonchev–Trinajstić information content (AvgIpc) is 3.47. The summed E-state index contributed by atoms with van der Waals surface area (Å²) in [5.41, 5.74) is 9.28. The highest BCUT2D eigenvalue weighted by atomic mass is 15.0. The molecule has 0 atom stereocenters. The molecule has 0 radical (unpaired) electrons. The molecule has 0 spiro atoms. The summed E-state index contributed by atoms with van der Waals surface area (Å²) in [6, 6.07) is 30.8. The van der Waals surface area contributed by atoms with Gasteiger partial charge < -0.3 is 9.55 Å². The molecule has 0 fully saturated rings. The second kappa shape index (κ2) is 8.69. The second-order valence-electron chi connectivity index (χ2n) is 9.58. The largest absolute Gasteiger partial charge is 0.354 e. The van der Waals surface area contributed by atoms with Crippen LogP contribution in [0.2, 0.25) is 0 Å². The van der Waals surface area contributed by atoms with Crippen molar-refractivity contribution in [2.24, 2.45) is 0 Å². The van der Waals surface area contributed by atoms with Crippen LogP contribution in [0, 0.1) is 0 Å². The third kappa shape index (κ3) is 3.66. The van der Waals surface area contributed by atoms with Crippen LogP contribution in [0.25, 0.3) is 60.4 Å². The van der Waals surface area contributed by atoms with Gasteiger partial charge in [-0.25, -0.2) is 0 Å². The van der Waals surface area contributed by atoms with Gasteiger partial charge in [-0.3, -0.25) is 0 Å². The molecule has 1 aliphatic rings. The number of benzene rings is 4. The number of aromatic nitrogens is 2. The second-order valence-corrected chi connectivity index (χ2v) is 9.58. The third-order valence-electron chi connectivity index (χ3n) is 7.26. The van der Waals surface area contributed by atoms with Crippen LogP contribution in [0.3, 0.4) is 0 Å². The number of aromatic amines is 1. The molecule has 0 amide bonds. The number of nitrogens with zero attached hydrogens (tertiary/aromatic N) is 1. The predicted molar refractivity (Wildman–Crippen MR) is 160 cm³/mol. The number of nitrogens with one attached hydrogen (secondary N) is 1. The lowest BCUT2D eigenvalue weighted by atomic mass is 10.0. The molecule has 2 heteroatoms. The minimum Gasteiger partial charge on any atom is -0.354 e. The van der Waals surface area contributed by atoms with Crippen molar-refractivity contribution < 1.29 is 0 Å². The topological polar surface area (TPSA) is 20.7 Å². The molecular formula is C35H26N2. The van der Waals surface area contributed by atoms with Crippen molar-refractivity contribution in [1.82, 2.24) is 9.55 Å². The van der Waals surface area contributed by atoms with Crippen molar-refractivity contribution in [2.75, 3.05) is 0 Å². The van der Waals surface area contributed by atoms with Crippen molar-refractivity contribution in [3.8, 4) is 11.1 Å². The molecule has 1 N–H and O–H groups in total. The van der Waals surface area contributed by atoms with E-state index in [0.717, 1.165) is 23.2 Å². The van der Waals surface area contributed by atoms with E-state index in [9.17, 15) is 0 Å². The Kier molecular flexibility index (Phi) is 5.04. The SMILES string of the molecule is C=C1C=C/C(n2c3ccccc3c3ccc(-c4ccc5c(c4)[nH]c4ccccc45)cc32)=C\C/C=C\C=C/1. The average molecular weight is 475 g/mol. The zero-order valence-corrected chi connectivity index (χ0v) is 20.5. The smallest absolute Gasteiger partial charge is 0.0547 e. The lowest BCUT2D eigenvalue weighted by molar-refractivity contribution is 1.21. The van der Waals surface area contributed by atoms with Crippen LogP contribution >= 0.6 is 0 Å². The zero-order chi connectivity index (χ0) is 24.8. The fraction of sp³-hybridized carbons (Fsp3) is 0.0286. The first-order chi connectivity index (χ1) is 18.3. The Hall–Kier alpha value is -4.82. The van der Waals surface area contributed by atoms with E-state index in [1.165, 1.54) is 49.2 Å². The highest BCUT2D eigenvalue weighted by Crippen LogP contribution is 2.36. The van der Waals surface area contributed by atoms with Gasteiger partial charge in [0.15, 0.2) is 0 Å². The zero-order valence-electron chi connectivity index (χ0n) is 20.5. The summed E-state index contributed by atoms with van der Waals surface area (Å²) in [4.78, 5) is 3.59. The summed E-state index contributed by atoms with van der Waals surface area (Å²) in [5.74, 6) is 0. The van der Waals surface area contributed by atoms with Gasteiger partial charge in [-0.15, -0.1) is 0 Å². The molecule has 0 aliphatic heterocycles. The summed E-state index contributed by atoms with van der Waals surface area (Å²) in [7, 11) is 0. The molecule has 4 aromatic carbocycles. The quantitative estimate of drug-likeness (QED) is 0.258. The van der Waals surface area contributed by atoms with E-state index in [2.05, 4.69) is 131 Å². The molecule has 37 heavy (non-hydrogen) atoms. The number of fused-ring (bicyclic) bond motifs is 6. The predicted octanol–water partition coefficient (Wildman–Crippen LogP) is 9.57. The third-order valence-corrected chi connectivity index (χ3v) is 7.26. The van der Waals surface area contributed by atoms with Crippen molar-refractivity contribution in [3.63, 3.8) is 0 Å². The van der Waals surface area contributed by atoms with Crippen LogP contribution in [0.5, 0.6) is 0 Å². The molecule has 0 bridgehead atoms. The van der Waals surface area contributed by atoms with Crippen molar-refractivity contribution in [3.05, 3.63) is 140 Å². The molecule has 2 heterocycles. The number of hydrogen-bond acceptors (Lipinski definition) is 0. The molecule has 0 saturated heterocycles. The molecular weight excluding hydrogens is 448 g/mol. The molecule has 2 aromatic heterocycles. The first kappa shape index (κ1) is 21.5. The van der Waals surface area contributed by atoms with Crippen molar-refractivity contribution in [1.29, 1.82) is 0 Å². The van der Waals surface area contributed by atoms with Crippen LogP contribution in [0.15, 0.2) is 140 Å². The molecule has 0 unspecified atom stereocenters. The summed E-state index contributed by atoms with van der Waals surface area (Å²) < 4.78 is 2.39. The van der Waals surface area contributed by atoms with E-state index in [1.807, 2.05) is 12.2 Å². The molecule has 6 aromatic rings. The lowest BCUT2D eigenvalue weighted by Gasteiger charge is -2.11. The summed E-state index contributed by atoms with van der Waals surface area (Å²) in [6.45, 7) is 4.18. The first-order valence-electron chi connectivity index (χ1n) is 12.7. The fourth-order valence-electron chi connectivity index (χ4n) is 5.47. The maximum Gasteiger partial charge on any atom is 0.0547 e. The number of hydrogen-bond donors (Lipinski definition) is 1. The molecule has 176 valence electrons. The maximum atomic E-state index is 4.18. The summed E-state index contributed by atoms with van der Waals surface area (Å²) in [6.07, 6.45) is 15.8. The minimum atomic E-state index is 0.862. The summed E-state index contributed by atoms with van der Waals surface area (Å²) in [5, 5.41) is 5.04. The maximum absolute atomic E-state index is 4.18. The number of allylic oxidation sites excluding steroid dienone is 9. The monoisotopic (exact) mass is 474 g/mol. The molecule has 0 saturated carbocycles. The van der Waals surface area contributed by atoms with Gasteiger partial charge in [-0.05, 0) is 53.5 Å². The fourth-order valence-corrected chi connectivity index (χ4v) is 5.47. The Morgan fingerprint density at radius 2 is 1.35 bits per heavy atom. The number of rotatable bonds is 2. The van der Waals surface area contributed by atoms with Crippen LogP contribution < -0.4 is 0 Å². The van der Waals surface area contributed by atoms with Crippen LogP contribution in [-0.4, -0.2) is 9.55 Å². The van der Waals surface area contributed by atoms with E-state index in [4.69, 9.17) is 0 Å². The van der Waals surface area contributed by atoms with Crippen molar-refractivity contribution >= 4 is 49.3 Å². The highest BCUT2D eigenvalue weighted by molar-refractivity contribution is 6.12. The standard InChI is InChI=1S/C35H26N2/c1-24-10-4-2-3-5-11-27(19-16-24)37-34-15-9-7-13-30(34)31-21-18-26(23-35(31)37)25-17-20-29-28-12-6-8-14-32(28)36-33(29)22-25/h2-4,6-23,36H,1,5H2/b3-2-,10-4-,19-16?,27-11+. The Bertz CT molecular complexity index is 1970. The van der Waals surface area contributed by atoms with Gasteiger partial charge in [0.2, 0.25) is 0 Å². The van der Waals surface area contributed by atoms with Crippen LogP contribution in [0.1, 0.15) is 6.42 Å². The minimum absolute atomic E-state index is 0.862. The van der Waals surface area contributed by atoms with Gasteiger partial charge in [-0.1, -0.05) is 104 Å². The van der Waals surface area contributed by atoms with Crippen LogP contribution in [0.4, 0.5) is 0 Å². The van der Waals surface area contributed by atoms with Gasteiger partial charge >= 0.3 is 0 Å². The Labute approximate surface area is 215 Å². The normalized spacial score (nSPS) is 17.4. The van der Waals surface area contributed by atoms with Gasteiger partial charge in [0.25, 0.3) is 0 Å². The highest BCUT2D eigenvalue weighted by Gasteiger charge is 2.14. The van der Waals surface area contributed by atoms with Gasteiger partial charge in [0, 0.05) is 38.3 Å². The van der Waals surface area contributed by atoms with Crippen molar-refractivity contribution in [2.45, 2.75) is 6.42 Å². The number of H-pyrrole nitrogens is 1. The van der Waals surface area contributed by atoms with Gasteiger partial charge in [0.1, 0.15) is 0 Å². The number of para-hydroxylation sites is 2. The molecule has 1 aliphatic carbocycles. The van der Waals surface area contributed by atoms with E-state index in [0.29, 0.717) is 0 Å². The Morgan fingerprint density at radius 1 is 0.622 bits per heavy atom. The Morgan fingerprint density at radius 3 is 2.27 bits per heavy atom. The van der Waals surface area contributed by atoms with Gasteiger partial charge in [-0.2, -0.15) is 0 Å². The van der Waals surface area contributed by atoms with E-state index in [-0.39, 0.29) is 0 Å². The van der Waals surface area contributed by atoms with E-state index in [1.54, 1.807) is 0 Å². The lowest BCUT2D eigenvalue weighted by Crippen LogP contribution is -1.95. The molecule has 2 nitrogen and oxygen atoms in total. The Balaban J connectivity index is 1.44. The van der Waals surface area contributed by atoms with Gasteiger partial charge in [0.05, 0.1) is 11.0 Å². The first-order valence-corrected chi connectivity index (χ1v) is 12.7. The molecule has 7 rings (SSSR count).